The van der Waals surface area contributed by atoms with Gasteiger partial charge in [0.15, 0.2) is 0 Å². The topological polar surface area (TPSA) is 96.3 Å². The molecule has 0 unspecified atom stereocenters. The minimum atomic E-state index is -0.609. The number of amides is 2. The molecular weight excluding hydrogens is 392 g/mol. The molecule has 1 aromatic heterocycles. The monoisotopic (exact) mass is 410 g/mol. The first-order valence-corrected chi connectivity index (χ1v) is 9.56. The molecule has 3 aromatic rings. The van der Waals surface area contributed by atoms with E-state index >= 15 is 0 Å². The third kappa shape index (κ3) is 3.82. The highest BCUT2D eigenvalue weighted by atomic mass is 35.5. The Bertz CT molecular complexity index is 1110. The maximum atomic E-state index is 12.7. The lowest BCUT2D eigenvalue weighted by molar-refractivity contribution is 0.0844. The van der Waals surface area contributed by atoms with Crippen LogP contribution >= 0.6 is 11.6 Å². The quantitative estimate of drug-likeness (QED) is 0.573. The van der Waals surface area contributed by atoms with Crippen LogP contribution in [0.2, 0.25) is 5.02 Å². The molecule has 0 bridgehead atoms. The summed E-state index contributed by atoms with van der Waals surface area (Å²) in [6.07, 6.45) is 3.43. The maximum absolute atomic E-state index is 12.7. The Kier molecular flexibility index (Phi) is 4.98. The minimum absolute atomic E-state index is 0.0696. The summed E-state index contributed by atoms with van der Waals surface area (Å²) in [5.74, 6) is -1.02. The van der Waals surface area contributed by atoms with E-state index in [2.05, 4.69) is 16.0 Å². The van der Waals surface area contributed by atoms with Crippen molar-refractivity contribution in [2.24, 2.45) is 0 Å². The molecule has 2 amide bonds. The van der Waals surface area contributed by atoms with Crippen LogP contribution in [0.3, 0.4) is 0 Å². The molecule has 0 radical (unpaired) electrons. The number of benzene rings is 2. The number of hydrogen-bond donors (Lipinski definition) is 3. The van der Waals surface area contributed by atoms with Crippen LogP contribution in [0, 0.1) is 6.92 Å². The van der Waals surface area contributed by atoms with E-state index in [1.54, 1.807) is 16.8 Å². The number of para-hydroxylation sites is 1. The number of nitrogens with zero attached hydrogens (tertiary/aromatic N) is 2. The Morgan fingerprint density at radius 3 is 2.45 bits per heavy atom. The van der Waals surface area contributed by atoms with E-state index in [1.807, 2.05) is 25.1 Å². The zero-order valence-corrected chi connectivity index (χ0v) is 16.4. The molecule has 1 saturated carbocycles. The van der Waals surface area contributed by atoms with Crippen molar-refractivity contribution < 1.29 is 14.7 Å². The van der Waals surface area contributed by atoms with E-state index in [-0.39, 0.29) is 17.2 Å². The van der Waals surface area contributed by atoms with Gasteiger partial charge in [0.2, 0.25) is 0 Å². The maximum Gasteiger partial charge on any atom is 0.273 e. The Hall–Kier alpha value is -3.32. The first-order chi connectivity index (χ1) is 14.0. The molecule has 1 heterocycles. The Morgan fingerprint density at radius 2 is 1.79 bits per heavy atom. The van der Waals surface area contributed by atoms with Gasteiger partial charge in [0.05, 0.1) is 28.7 Å². The second-order valence-electron chi connectivity index (χ2n) is 6.99. The van der Waals surface area contributed by atoms with Crippen LogP contribution in [-0.4, -0.2) is 26.7 Å². The SMILES string of the molecule is Cc1ccc(-n2ncc(C(=O)NNC(=O)c3ccccc3O)c2C2CC2)cc1Cl. The first-order valence-electron chi connectivity index (χ1n) is 9.19. The molecule has 3 N–H and O–H groups in total. The van der Waals surface area contributed by atoms with Crippen LogP contribution in [0.1, 0.15) is 50.7 Å². The van der Waals surface area contributed by atoms with Gasteiger partial charge in [-0.2, -0.15) is 5.10 Å². The van der Waals surface area contributed by atoms with Crippen molar-refractivity contribution >= 4 is 23.4 Å². The number of hydrogen-bond acceptors (Lipinski definition) is 4. The standard InChI is InChI=1S/C21H19ClN4O3/c1-12-6-9-14(10-17(12)22)26-19(13-7-8-13)16(11-23-26)21(29)25-24-20(28)15-4-2-3-5-18(15)27/h2-6,9-11,13,27H,7-8H2,1H3,(H,24,28)(H,25,29). The number of halogens is 1. The molecule has 1 aliphatic rings. The van der Waals surface area contributed by atoms with Crippen LogP contribution < -0.4 is 10.9 Å². The zero-order chi connectivity index (χ0) is 20.5. The number of aromatic nitrogens is 2. The average molecular weight is 411 g/mol. The lowest BCUT2D eigenvalue weighted by Crippen LogP contribution is -2.41. The Morgan fingerprint density at radius 1 is 1.10 bits per heavy atom. The summed E-state index contributed by atoms with van der Waals surface area (Å²) < 4.78 is 1.72. The number of aryl methyl sites for hydroxylation is 1. The molecule has 7 nitrogen and oxygen atoms in total. The lowest BCUT2D eigenvalue weighted by atomic mass is 10.1. The van der Waals surface area contributed by atoms with Crippen molar-refractivity contribution in [3.05, 3.63) is 76.1 Å². The molecule has 1 fully saturated rings. The van der Waals surface area contributed by atoms with Gasteiger partial charge in [-0.15, -0.1) is 0 Å². The van der Waals surface area contributed by atoms with Crippen molar-refractivity contribution in [2.75, 3.05) is 0 Å². The molecule has 148 valence electrons. The Labute approximate surface area is 172 Å². The number of hydrazine groups is 1. The van der Waals surface area contributed by atoms with E-state index in [0.717, 1.165) is 29.8 Å². The largest absolute Gasteiger partial charge is 0.507 e. The van der Waals surface area contributed by atoms with E-state index < -0.39 is 11.8 Å². The van der Waals surface area contributed by atoms with E-state index in [4.69, 9.17) is 11.6 Å². The highest BCUT2D eigenvalue weighted by Gasteiger charge is 2.33. The van der Waals surface area contributed by atoms with Crippen LogP contribution in [-0.2, 0) is 0 Å². The molecular formula is C21H19ClN4O3. The number of aromatic hydroxyl groups is 1. The van der Waals surface area contributed by atoms with E-state index in [9.17, 15) is 14.7 Å². The van der Waals surface area contributed by atoms with Gasteiger partial charge >= 0.3 is 0 Å². The van der Waals surface area contributed by atoms with Gasteiger partial charge in [-0.1, -0.05) is 29.8 Å². The number of phenolic OH excluding ortho intramolecular Hbond substituents is 1. The van der Waals surface area contributed by atoms with Crippen molar-refractivity contribution in [1.82, 2.24) is 20.6 Å². The van der Waals surface area contributed by atoms with E-state index in [0.29, 0.717) is 10.6 Å². The van der Waals surface area contributed by atoms with Gasteiger partial charge in [-0.05, 0) is 49.6 Å². The van der Waals surface area contributed by atoms with Crippen molar-refractivity contribution in [3.8, 4) is 11.4 Å². The van der Waals surface area contributed by atoms with E-state index in [1.165, 1.54) is 18.3 Å². The summed E-state index contributed by atoms with van der Waals surface area (Å²) in [5, 5.41) is 14.8. The third-order valence-corrected chi connectivity index (χ3v) is 5.26. The third-order valence-electron chi connectivity index (χ3n) is 4.85. The van der Waals surface area contributed by atoms with Gasteiger partial charge < -0.3 is 5.11 Å². The smallest absolute Gasteiger partial charge is 0.273 e. The van der Waals surface area contributed by atoms with Crippen LogP contribution in [0.5, 0.6) is 5.75 Å². The second kappa shape index (κ2) is 7.60. The van der Waals surface area contributed by atoms with Crippen LogP contribution in [0.15, 0.2) is 48.7 Å². The fourth-order valence-corrected chi connectivity index (χ4v) is 3.29. The average Bonchev–Trinajstić information content (AvgIpc) is 3.46. The van der Waals surface area contributed by atoms with Crippen LogP contribution in [0.25, 0.3) is 5.69 Å². The van der Waals surface area contributed by atoms with Gasteiger partial charge in [0.1, 0.15) is 5.75 Å². The van der Waals surface area contributed by atoms with Gasteiger partial charge in [-0.25, -0.2) is 4.68 Å². The molecule has 4 rings (SSSR count). The summed E-state index contributed by atoms with van der Waals surface area (Å²) in [7, 11) is 0. The molecule has 8 heteroatoms. The molecule has 1 aliphatic carbocycles. The predicted octanol–water partition coefficient (Wildman–Crippen LogP) is 3.49. The highest BCUT2D eigenvalue weighted by Crippen LogP contribution is 2.42. The summed E-state index contributed by atoms with van der Waals surface area (Å²) in [6.45, 7) is 1.92. The van der Waals surface area contributed by atoms with Gasteiger partial charge in [0.25, 0.3) is 11.8 Å². The Balaban J connectivity index is 1.56. The van der Waals surface area contributed by atoms with Crippen molar-refractivity contribution in [1.29, 1.82) is 0 Å². The second-order valence-corrected chi connectivity index (χ2v) is 7.40. The predicted molar refractivity (Wildman–Crippen MR) is 108 cm³/mol. The summed E-state index contributed by atoms with van der Waals surface area (Å²) in [6, 6.07) is 11.7. The zero-order valence-electron chi connectivity index (χ0n) is 15.6. The molecule has 0 aliphatic heterocycles. The van der Waals surface area contributed by atoms with Gasteiger partial charge in [0, 0.05) is 10.9 Å². The normalized spacial score (nSPS) is 13.2. The van der Waals surface area contributed by atoms with Crippen molar-refractivity contribution in [3.63, 3.8) is 0 Å². The number of rotatable bonds is 4. The lowest BCUT2D eigenvalue weighted by Gasteiger charge is -2.11. The number of phenols is 1. The fourth-order valence-electron chi connectivity index (χ4n) is 3.12. The minimum Gasteiger partial charge on any atom is -0.507 e. The summed E-state index contributed by atoms with van der Waals surface area (Å²) in [4.78, 5) is 24.9. The number of carbonyl (C=O) groups is 2. The fraction of sp³-hybridized carbons (Fsp3) is 0.190. The number of nitrogens with one attached hydrogen (secondary N) is 2. The molecule has 29 heavy (non-hydrogen) atoms. The van der Waals surface area contributed by atoms with Crippen LogP contribution in [0.4, 0.5) is 0 Å². The first kappa shape index (κ1) is 19.0. The van der Waals surface area contributed by atoms with Gasteiger partial charge in [-0.3, -0.25) is 20.4 Å². The highest BCUT2D eigenvalue weighted by molar-refractivity contribution is 6.31. The molecule has 2 aromatic carbocycles. The summed E-state index contributed by atoms with van der Waals surface area (Å²) in [5.41, 5.74) is 7.72. The number of carbonyl (C=O) groups excluding carboxylic acids is 2. The molecule has 0 saturated heterocycles. The molecule has 0 atom stereocenters. The molecule has 0 spiro atoms. The summed E-state index contributed by atoms with van der Waals surface area (Å²) >= 11 is 6.25. The van der Waals surface area contributed by atoms with Crippen molar-refractivity contribution in [2.45, 2.75) is 25.7 Å².